The van der Waals surface area contributed by atoms with E-state index >= 15 is 0 Å². The predicted molar refractivity (Wildman–Crippen MR) is 111 cm³/mol. The van der Waals surface area contributed by atoms with Crippen LogP contribution in [-0.4, -0.2) is 32.5 Å². The van der Waals surface area contributed by atoms with Crippen molar-refractivity contribution in [2.75, 3.05) is 5.75 Å². The molecule has 6 nitrogen and oxygen atoms in total. The molecule has 0 saturated carbocycles. The van der Waals surface area contributed by atoms with E-state index in [-0.39, 0.29) is 18.0 Å². The van der Waals surface area contributed by atoms with E-state index in [4.69, 9.17) is 4.42 Å². The topological polar surface area (TPSA) is 73.0 Å². The van der Waals surface area contributed by atoms with Crippen molar-refractivity contribution in [3.8, 4) is 11.4 Å². The molecular formula is C21H26N4O2S. The summed E-state index contributed by atoms with van der Waals surface area (Å²) >= 11 is 1.40. The molecule has 148 valence electrons. The van der Waals surface area contributed by atoms with Gasteiger partial charge < -0.3 is 9.73 Å². The first-order chi connectivity index (χ1) is 13.5. The van der Waals surface area contributed by atoms with E-state index in [2.05, 4.69) is 46.1 Å². The predicted octanol–water partition coefficient (Wildman–Crippen LogP) is 4.46. The summed E-state index contributed by atoms with van der Waals surface area (Å²) in [5.41, 5.74) is 2.06. The minimum Gasteiger partial charge on any atom is -0.469 e. The summed E-state index contributed by atoms with van der Waals surface area (Å²) in [7, 11) is 0. The molecule has 0 aliphatic carbocycles. The van der Waals surface area contributed by atoms with E-state index in [1.165, 1.54) is 11.8 Å². The lowest BCUT2D eigenvalue weighted by Crippen LogP contribution is -2.33. The molecule has 28 heavy (non-hydrogen) atoms. The number of rotatable bonds is 8. The molecule has 1 N–H and O–H groups in total. The van der Waals surface area contributed by atoms with Gasteiger partial charge in [0.05, 0.1) is 23.6 Å². The lowest BCUT2D eigenvalue weighted by Gasteiger charge is -2.18. The normalized spacial score (nSPS) is 13.3. The van der Waals surface area contributed by atoms with Gasteiger partial charge in [0.1, 0.15) is 5.76 Å². The summed E-state index contributed by atoms with van der Waals surface area (Å²) in [6.45, 7) is 8.08. The molecule has 2 atom stereocenters. The summed E-state index contributed by atoms with van der Waals surface area (Å²) in [4.78, 5) is 12.2. The van der Waals surface area contributed by atoms with Crippen molar-refractivity contribution in [3.05, 3.63) is 54.0 Å². The zero-order chi connectivity index (χ0) is 20.1. The molecule has 0 spiro atoms. The molecule has 2 aromatic heterocycles. The summed E-state index contributed by atoms with van der Waals surface area (Å²) in [6, 6.07) is 12.3. The molecule has 0 radical (unpaired) electrons. The van der Waals surface area contributed by atoms with Gasteiger partial charge in [-0.1, -0.05) is 49.0 Å². The van der Waals surface area contributed by atoms with Crippen molar-refractivity contribution in [2.24, 2.45) is 0 Å². The number of amides is 1. The van der Waals surface area contributed by atoms with Crippen molar-refractivity contribution in [3.63, 3.8) is 0 Å². The van der Waals surface area contributed by atoms with E-state index in [1.807, 2.05) is 38.1 Å². The Balaban J connectivity index is 1.91. The molecule has 3 rings (SSSR count). The fourth-order valence-electron chi connectivity index (χ4n) is 2.95. The van der Waals surface area contributed by atoms with Gasteiger partial charge in [-0.25, -0.2) is 0 Å². The molecule has 0 fully saturated rings. The highest BCUT2D eigenvalue weighted by molar-refractivity contribution is 7.99. The van der Waals surface area contributed by atoms with Crippen LogP contribution in [-0.2, 0) is 4.79 Å². The number of thioether (sulfide) groups is 1. The van der Waals surface area contributed by atoms with Crippen LogP contribution in [0, 0.1) is 6.92 Å². The number of carbonyl (C=O) groups excluding carboxylic acids is 1. The summed E-state index contributed by atoms with van der Waals surface area (Å²) in [6.07, 6.45) is 2.56. The Morgan fingerprint density at radius 1 is 1.21 bits per heavy atom. The van der Waals surface area contributed by atoms with Crippen molar-refractivity contribution < 1.29 is 9.21 Å². The molecular weight excluding hydrogens is 372 g/mol. The van der Waals surface area contributed by atoms with Crippen LogP contribution >= 0.6 is 11.8 Å². The fourth-order valence-corrected chi connectivity index (χ4v) is 3.78. The third-order valence-corrected chi connectivity index (χ3v) is 5.73. The fraction of sp³-hybridized carbons (Fsp3) is 0.381. The number of aryl methyl sites for hydroxylation is 1. The molecule has 0 aliphatic heterocycles. The zero-order valence-electron chi connectivity index (χ0n) is 16.7. The lowest BCUT2D eigenvalue weighted by molar-refractivity contribution is -0.119. The summed E-state index contributed by atoms with van der Waals surface area (Å²) in [5, 5.41) is 12.5. The highest BCUT2D eigenvalue weighted by Crippen LogP contribution is 2.32. The highest BCUT2D eigenvalue weighted by Gasteiger charge is 2.23. The maximum absolute atomic E-state index is 12.2. The molecule has 7 heteroatoms. The first kappa shape index (κ1) is 20.2. The number of furan rings is 1. The van der Waals surface area contributed by atoms with Crippen molar-refractivity contribution in [2.45, 2.75) is 51.4 Å². The standard InChI is InChI=1S/C21H26N4O2S/c1-5-14(2)22-19(26)13-28-21-24-23-20(18-11-12-27-16(18)4)25(21)15(3)17-9-7-6-8-10-17/h6-12,14-15H,5,13H2,1-4H3,(H,22,26)/t14-,15+/m0/s1. The average Bonchev–Trinajstić information content (AvgIpc) is 3.31. The number of nitrogens with zero attached hydrogens (tertiary/aromatic N) is 3. The van der Waals surface area contributed by atoms with Gasteiger partial charge in [-0.05, 0) is 38.8 Å². The van der Waals surface area contributed by atoms with E-state index in [0.29, 0.717) is 10.9 Å². The van der Waals surface area contributed by atoms with Gasteiger partial charge in [0, 0.05) is 6.04 Å². The Bertz CT molecular complexity index is 920. The minimum absolute atomic E-state index is 0.00214. The van der Waals surface area contributed by atoms with Crippen LogP contribution < -0.4 is 5.32 Å². The number of nitrogens with one attached hydrogen (secondary N) is 1. The Morgan fingerprint density at radius 2 is 1.96 bits per heavy atom. The average molecular weight is 399 g/mol. The molecule has 3 aromatic rings. The zero-order valence-corrected chi connectivity index (χ0v) is 17.5. The van der Waals surface area contributed by atoms with Crippen LogP contribution in [0.5, 0.6) is 0 Å². The lowest BCUT2D eigenvalue weighted by atomic mass is 10.1. The van der Waals surface area contributed by atoms with Gasteiger partial charge in [-0.2, -0.15) is 0 Å². The first-order valence-corrected chi connectivity index (χ1v) is 10.5. The van der Waals surface area contributed by atoms with Gasteiger partial charge in [0.15, 0.2) is 11.0 Å². The molecule has 0 bridgehead atoms. The quantitative estimate of drug-likeness (QED) is 0.567. The molecule has 2 heterocycles. The van der Waals surface area contributed by atoms with Crippen molar-refractivity contribution in [1.29, 1.82) is 0 Å². The second-order valence-electron chi connectivity index (χ2n) is 6.82. The maximum atomic E-state index is 12.2. The van der Waals surface area contributed by atoms with Crippen LogP contribution in [0.25, 0.3) is 11.4 Å². The van der Waals surface area contributed by atoms with Crippen LogP contribution in [0.2, 0.25) is 0 Å². The van der Waals surface area contributed by atoms with Crippen LogP contribution in [0.1, 0.15) is 44.6 Å². The Hall–Kier alpha value is -2.54. The third kappa shape index (κ3) is 4.47. The Labute approximate surface area is 169 Å². The van der Waals surface area contributed by atoms with E-state index in [0.717, 1.165) is 29.1 Å². The molecule has 1 aromatic carbocycles. The van der Waals surface area contributed by atoms with Gasteiger partial charge in [-0.15, -0.1) is 10.2 Å². The van der Waals surface area contributed by atoms with Gasteiger partial charge >= 0.3 is 0 Å². The number of hydrogen-bond acceptors (Lipinski definition) is 5. The Kier molecular flexibility index (Phi) is 6.57. The smallest absolute Gasteiger partial charge is 0.230 e. The highest BCUT2D eigenvalue weighted by atomic mass is 32.2. The largest absolute Gasteiger partial charge is 0.469 e. The molecule has 0 saturated heterocycles. The third-order valence-electron chi connectivity index (χ3n) is 4.79. The number of aromatic nitrogens is 3. The Morgan fingerprint density at radius 3 is 2.61 bits per heavy atom. The first-order valence-electron chi connectivity index (χ1n) is 9.47. The summed E-state index contributed by atoms with van der Waals surface area (Å²) in [5.74, 6) is 1.84. The number of benzene rings is 1. The molecule has 1 amide bonds. The van der Waals surface area contributed by atoms with Crippen LogP contribution in [0.3, 0.4) is 0 Å². The SMILES string of the molecule is CC[C@H](C)NC(=O)CSc1nnc(-c2ccoc2C)n1[C@H](C)c1ccccc1. The maximum Gasteiger partial charge on any atom is 0.230 e. The van der Waals surface area contributed by atoms with Gasteiger partial charge in [-0.3, -0.25) is 9.36 Å². The molecule has 0 aliphatic rings. The molecule has 0 unspecified atom stereocenters. The second kappa shape index (κ2) is 9.10. The summed E-state index contributed by atoms with van der Waals surface area (Å²) < 4.78 is 7.55. The van der Waals surface area contributed by atoms with E-state index < -0.39 is 0 Å². The monoisotopic (exact) mass is 398 g/mol. The van der Waals surface area contributed by atoms with Crippen molar-refractivity contribution >= 4 is 17.7 Å². The van der Waals surface area contributed by atoms with Crippen LogP contribution in [0.15, 0.2) is 52.2 Å². The van der Waals surface area contributed by atoms with Gasteiger partial charge in [0.25, 0.3) is 0 Å². The second-order valence-corrected chi connectivity index (χ2v) is 7.76. The van der Waals surface area contributed by atoms with E-state index in [1.54, 1.807) is 6.26 Å². The van der Waals surface area contributed by atoms with Gasteiger partial charge in [0.2, 0.25) is 5.91 Å². The minimum atomic E-state index is 0.00214. The number of hydrogen-bond donors (Lipinski definition) is 1. The van der Waals surface area contributed by atoms with Crippen molar-refractivity contribution in [1.82, 2.24) is 20.1 Å². The van der Waals surface area contributed by atoms with Crippen LogP contribution in [0.4, 0.5) is 0 Å². The number of carbonyl (C=O) groups is 1. The van der Waals surface area contributed by atoms with E-state index in [9.17, 15) is 4.79 Å².